The van der Waals surface area contributed by atoms with Gasteiger partial charge >= 0.3 is 12.4 Å². The van der Waals surface area contributed by atoms with Crippen molar-refractivity contribution in [1.29, 1.82) is 0 Å². The summed E-state index contributed by atoms with van der Waals surface area (Å²) in [6.07, 6.45) is -10.2. The molecular formula is C26H20F6N2O4. The van der Waals surface area contributed by atoms with E-state index in [2.05, 4.69) is 5.32 Å². The first-order valence-electron chi connectivity index (χ1n) is 11.2. The van der Waals surface area contributed by atoms with Crippen molar-refractivity contribution in [1.82, 2.24) is 0 Å². The SMILES string of the molecule is Cc1ccc(OCCN2C(=O)COc3ccc(NC(=O)c4cc(C(F)(F)F)cc(C(F)(F)F)c4)cc32)cc1. The zero-order valence-electron chi connectivity index (χ0n) is 19.7. The predicted octanol–water partition coefficient (Wildman–Crippen LogP) is 6.09. The van der Waals surface area contributed by atoms with E-state index in [-0.39, 0.29) is 37.2 Å². The van der Waals surface area contributed by atoms with Crippen molar-refractivity contribution in [2.45, 2.75) is 19.3 Å². The molecule has 0 unspecified atom stereocenters. The fraction of sp³-hybridized carbons (Fsp3) is 0.231. The lowest BCUT2D eigenvalue weighted by Crippen LogP contribution is -2.41. The van der Waals surface area contributed by atoms with E-state index in [0.29, 0.717) is 23.6 Å². The van der Waals surface area contributed by atoms with Gasteiger partial charge in [0.1, 0.15) is 18.1 Å². The van der Waals surface area contributed by atoms with Crippen molar-refractivity contribution in [2.24, 2.45) is 0 Å². The molecule has 1 aliphatic rings. The maximum absolute atomic E-state index is 13.2. The second kappa shape index (κ2) is 10.3. The van der Waals surface area contributed by atoms with Crippen LogP contribution in [0, 0.1) is 6.92 Å². The van der Waals surface area contributed by atoms with Crippen LogP contribution in [0.25, 0.3) is 0 Å². The number of amides is 2. The minimum atomic E-state index is -5.10. The normalized spacial score (nSPS) is 13.6. The van der Waals surface area contributed by atoms with Crippen LogP contribution in [-0.4, -0.2) is 31.6 Å². The molecule has 3 aromatic rings. The molecule has 0 bridgehead atoms. The fourth-order valence-electron chi connectivity index (χ4n) is 3.70. The molecule has 12 heteroatoms. The first-order valence-corrected chi connectivity index (χ1v) is 11.2. The number of nitrogens with zero attached hydrogens (tertiary/aromatic N) is 1. The van der Waals surface area contributed by atoms with Gasteiger partial charge in [-0.1, -0.05) is 17.7 Å². The molecule has 0 atom stereocenters. The Labute approximate surface area is 212 Å². The number of alkyl halides is 6. The molecule has 1 heterocycles. The number of anilines is 2. The number of benzene rings is 3. The summed E-state index contributed by atoms with van der Waals surface area (Å²) in [6, 6.07) is 12.0. The molecule has 200 valence electrons. The highest BCUT2D eigenvalue weighted by atomic mass is 19.4. The minimum absolute atomic E-state index is 0.0301. The van der Waals surface area contributed by atoms with Crippen LogP contribution in [0.4, 0.5) is 37.7 Å². The molecule has 1 N–H and O–H groups in total. The lowest BCUT2D eigenvalue weighted by molar-refractivity contribution is -0.143. The Bertz CT molecular complexity index is 1320. The van der Waals surface area contributed by atoms with Crippen molar-refractivity contribution in [2.75, 3.05) is 30.0 Å². The Kier molecular flexibility index (Phi) is 7.25. The molecule has 0 radical (unpaired) electrons. The van der Waals surface area contributed by atoms with E-state index in [9.17, 15) is 35.9 Å². The number of rotatable bonds is 6. The summed E-state index contributed by atoms with van der Waals surface area (Å²) >= 11 is 0. The lowest BCUT2D eigenvalue weighted by Gasteiger charge is -2.29. The van der Waals surface area contributed by atoms with Crippen molar-refractivity contribution in [3.05, 3.63) is 82.9 Å². The van der Waals surface area contributed by atoms with Gasteiger partial charge in [-0.15, -0.1) is 0 Å². The maximum atomic E-state index is 13.2. The van der Waals surface area contributed by atoms with E-state index in [1.54, 1.807) is 12.1 Å². The maximum Gasteiger partial charge on any atom is 0.416 e. The van der Waals surface area contributed by atoms with E-state index in [1.165, 1.54) is 23.1 Å². The number of aryl methyl sites for hydroxylation is 1. The molecule has 38 heavy (non-hydrogen) atoms. The number of halogens is 6. The van der Waals surface area contributed by atoms with Crippen LogP contribution in [0.2, 0.25) is 0 Å². The summed E-state index contributed by atoms with van der Waals surface area (Å²) in [5.74, 6) is -0.701. The van der Waals surface area contributed by atoms with Crippen molar-refractivity contribution >= 4 is 23.2 Å². The van der Waals surface area contributed by atoms with Gasteiger partial charge in [0.15, 0.2) is 6.61 Å². The number of carbonyl (C=O) groups is 2. The molecule has 0 aliphatic carbocycles. The van der Waals surface area contributed by atoms with Crippen LogP contribution in [0.5, 0.6) is 11.5 Å². The highest BCUT2D eigenvalue weighted by Crippen LogP contribution is 2.37. The summed E-state index contributed by atoms with van der Waals surface area (Å²) in [6.45, 7) is 1.91. The zero-order valence-corrected chi connectivity index (χ0v) is 19.7. The Hall–Kier alpha value is -4.22. The molecule has 4 rings (SSSR count). The average Bonchev–Trinajstić information content (AvgIpc) is 2.85. The summed E-state index contributed by atoms with van der Waals surface area (Å²) in [5, 5.41) is 2.29. The van der Waals surface area contributed by atoms with Crippen molar-refractivity contribution in [3.63, 3.8) is 0 Å². The smallest absolute Gasteiger partial charge is 0.416 e. The number of carbonyl (C=O) groups excluding carboxylic acids is 2. The van der Waals surface area contributed by atoms with Gasteiger partial charge in [0.25, 0.3) is 11.8 Å². The topological polar surface area (TPSA) is 67.9 Å². The first kappa shape index (κ1) is 26.8. The third kappa shape index (κ3) is 6.18. The van der Waals surface area contributed by atoms with Crippen LogP contribution in [0.1, 0.15) is 27.0 Å². The second-order valence-electron chi connectivity index (χ2n) is 8.43. The number of hydrogen-bond donors (Lipinski definition) is 1. The third-order valence-electron chi connectivity index (χ3n) is 5.61. The van der Waals surface area contributed by atoms with Gasteiger partial charge < -0.3 is 19.7 Å². The van der Waals surface area contributed by atoms with E-state index in [0.717, 1.165) is 5.56 Å². The molecular weight excluding hydrogens is 518 g/mol. The average molecular weight is 538 g/mol. The van der Waals surface area contributed by atoms with Crippen LogP contribution in [-0.2, 0) is 17.1 Å². The quantitative estimate of drug-likeness (QED) is 0.386. The molecule has 3 aromatic carbocycles. The number of hydrogen-bond acceptors (Lipinski definition) is 4. The highest BCUT2D eigenvalue weighted by molar-refractivity contribution is 6.05. The molecule has 0 fully saturated rings. The Morgan fingerprint density at radius 1 is 0.947 bits per heavy atom. The first-order chi connectivity index (χ1) is 17.8. The molecule has 0 spiro atoms. The Morgan fingerprint density at radius 3 is 2.18 bits per heavy atom. The van der Waals surface area contributed by atoms with Crippen molar-refractivity contribution < 1.29 is 45.4 Å². The van der Waals surface area contributed by atoms with E-state index in [1.807, 2.05) is 19.1 Å². The highest BCUT2D eigenvalue weighted by Gasteiger charge is 2.37. The predicted molar refractivity (Wildman–Crippen MR) is 125 cm³/mol. The Balaban J connectivity index is 1.54. The number of ether oxygens (including phenoxy) is 2. The van der Waals surface area contributed by atoms with Gasteiger partial charge in [-0.05, 0) is 55.5 Å². The molecule has 2 amide bonds. The third-order valence-corrected chi connectivity index (χ3v) is 5.61. The largest absolute Gasteiger partial charge is 0.492 e. The van der Waals surface area contributed by atoms with E-state index in [4.69, 9.17) is 9.47 Å². The van der Waals surface area contributed by atoms with E-state index >= 15 is 0 Å². The fourth-order valence-corrected chi connectivity index (χ4v) is 3.70. The van der Waals surface area contributed by atoms with Gasteiger partial charge in [0, 0.05) is 11.3 Å². The molecule has 0 saturated heterocycles. The van der Waals surface area contributed by atoms with Crippen LogP contribution in [0.3, 0.4) is 0 Å². The Morgan fingerprint density at radius 2 is 1.58 bits per heavy atom. The van der Waals surface area contributed by atoms with Crippen molar-refractivity contribution in [3.8, 4) is 11.5 Å². The second-order valence-corrected chi connectivity index (χ2v) is 8.43. The summed E-state index contributed by atoms with van der Waals surface area (Å²) in [7, 11) is 0. The van der Waals surface area contributed by atoms with Gasteiger partial charge in [0.05, 0.1) is 23.4 Å². The van der Waals surface area contributed by atoms with Gasteiger partial charge in [0.2, 0.25) is 0 Å². The summed E-state index contributed by atoms with van der Waals surface area (Å²) in [4.78, 5) is 26.5. The summed E-state index contributed by atoms with van der Waals surface area (Å²) in [5.41, 5.74) is -2.72. The van der Waals surface area contributed by atoms with Gasteiger partial charge in [-0.2, -0.15) is 26.3 Å². The van der Waals surface area contributed by atoms with Crippen LogP contribution >= 0.6 is 0 Å². The molecule has 0 saturated carbocycles. The summed E-state index contributed by atoms with van der Waals surface area (Å²) < 4.78 is 90.0. The minimum Gasteiger partial charge on any atom is -0.492 e. The zero-order chi connectivity index (χ0) is 27.7. The van der Waals surface area contributed by atoms with Gasteiger partial charge in [-0.3, -0.25) is 9.59 Å². The number of nitrogens with one attached hydrogen (secondary N) is 1. The molecule has 0 aromatic heterocycles. The molecule has 1 aliphatic heterocycles. The standard InChI is InChI=1S/C26H20F6N2O4/c1-15-2-5-20(6-3-15)37-9-8-34-21-13-19(4-7-22(21)38-14-23(34)35)33-24(36)16-10-17(25(27,28)29)12-18(11-16)26(30,31)32/h2-7,10-13H,8-9,14H2,1H3,(H,33,36). The monoisotopic (exact) mass is 538 g/mol. The van der Waals surface area contributed by atoms with E-state index < -0.39 is 40.9 Å². The van der Waals surface area contributed by atoms with Crippen LogP contribution in [0.15, 0.2) is 60.7 Å². The van der Waals surface area contributed by atoms with Gasteiger partial charge in [-0.25, -0.2) is 0 Å². The number of fused-ring (bicyclic) bond motifs is 1. The lowest BCUT2D eigenvalue weighted by atomic mass is 10.0. The molecule has 6 nitrogen and oxygen atoms in total. The van der Waals surface area contributed by atoms with Crippen LogP contribution < -0.4 is 19.7 Å².